The van der Waals surface area contributed by atoms with Crippen LogP contribution in [0.5, 0.6) is 0 Å². The fraction of sp³-hybridized carbons (Fsp3) is 0.625. The Balaban J connectivity index is 2.26. The summed E-state index contributed by atoms with van der Waals surface area (Å²) in [6.45, 7) is 5.33. The quantitative estimate of drug-likeness (QED) is 0.845. The maximum Gasteiger partial charge on any atom is 0.340 e. The van der Waals surface area contributed by atoms with Crippen molar-refractivity contribution in [1.82, 2.24) is 4.98 Å². The van der Waals surface area contributed by atoms with Gasteiger partial charge in [-0.15, -0.1) is 0 Å². The molecule has 1 saturated heterocycles. The van der Waals surface area contributed by atoms with Gasteiger partial charge in [-0.05, 0) is 38.7 Å². The summed E-state index contributed by atoms with van der Waals surface area (Å²) in [5.41, 5.74) is 6.66. The highest BCUT2D eigenvalue weighted by molar-refractivity contribution is 5.95. The lowest BCUT2D eigenvalue weighted by molar-refractivity contribution is 0.0527. The van der Waals surface area contributed by atoms with E-state index in [0.29, 0.717) is 23.9 Å². The summed E-state index contributed by atoms with van der Waals surface area (Å²) in [5, 5.41) is 0. The average Bonchev–Trinajstić information content (AvgIpc) is 2.49. The number of nitrogens with two attached hydrogens (primary N) is 1. The van der Waals surface area contributed by atoms with Crippen LogP contribution in [0.4, 0.5) is 11.5 Å². The Morgan fingerprint density at radius 2 is 2.29 bits per heavy atom. The van der Waals surface area contributed by atoms with Crippen LogP contribution in [-0.2, 0) is 4.74 Å². The van der Waals surface area contributed by atoms with Crippen LogP contribution in [0.15, 0.2) is 12.3 Å². The van der Waals surface area contributed by atoms with Crippen LogP contribution in [0.25, 0.3) is 0 Å². The summed E-state index contributed by atoms with van der Waals surface area (Å²) in [6, 6.07) is 2.29. The Morgan fingerprint density at radius 1 is 1.48 bits per heavy atom. The van der Waals surface area contributed by atoms with Gasteiger partial charge >= 0.3 is 5.97 Å². The van der Waals surface area contributed by atoms with Crippen molar-refractivity contribution in [2.75, 3.05) is 23.8 Å². The number of carbonyl (C=O) groups excluding carboxylic acids is 1. The van der Waals surface area contributed by atoms with Crippen LogP contribution in [-0.4, -0.2) is 30.1 Å². The molecule has 0 saturated carbocycles. The first kappa shape index (κ1) is 15.6. The molecule has 5 nitrogen and oxygen atoms in total. The van der Waals surface area contributed by atoms with Gasteiger partial charge in [0.15, 0.2) is 0 Å². The van der Waals surface area contributed by atoms with Gasteiger partial charge in [0, 0.05) is 12.6 Å². The molecule has 0 bridgehead atoms. The SMILES string of the molecule is CCCC1CCCCN1c1cc(C(=O)OCC)c(N)cn1. The van der Waals surface area contributed by atoms with Crippen LogP contribution < -0.4 is 10.6 Å². The Hall–Kier alpha value is -1.78. The summed E-state index contributed by atoms with van der Waals surface area (Å²) >= 11 is 0. The first-order chi connectivity index (χ1) is 10.2. The van der Waals surface area contributed by atoms with E-state index in [4.69, 9.17) is 10.5 Å². The molecule has 1 aromatic rings. The fourth-order valence-corrected chi connectivity index (χ4v) is 2.93. The summed E-state index contributed by atoms with van der Waals surface area (Å²) < 4.78 is 5.06. The summed E-state index contributed by atoms with van der Waals surface area (Å²) in [4.78, 5) is 18.7. The van der Waals surface area contributed by atoms with Crippen molar-refractivity contribution in [2.24, 2.45) is 0 Å². The summed E-state index contributed by atoms with van der Waals surface area (Å²) in [5.74, 6) is 0.466. The molecule has 2 rings (SSSR count). The lowest BCUT2D eigenvalue weighted by Gasteiger charge is -2.37. The standard InChI is InChI=1S/C16H25N3O2/c1-3-7-12-8-5-6-9-19(12)15-10-13(14(17)11-18-15)16(20)21-4-2/h10-12H,3-9,17H2,1-2H3. The van der Waals surface area contributed by atoms with E-state index in [1.165, 1.54) is 19.3 Å². The third-order valence-corrected chi connectivity index (χ3v) is 3.96. The highest BCUT2D eigenvalue weighted by atomic mass is 16.5. The van der Waals surface area contributed by atoms with Gasteiger partial charge in [0.05, 0.1) is 24.1 Å². The molecule has 1 unspecified atom stereocenters. The summed E-state index contributed by atoms with van der Waals surface area (Å²) in [7, 11) is 0. The third-order valence-electron chi connectivity index (χ3n) is 3.96. The molecule has 1 aliphatic rings. The molecular formula is C16H25N3O2. The highest BCUT2D eigenvalue weighted by Gasteiger charge is 2.24. The Kier molecular flexibility index (Phi) is 5.42. The molecule has 0 radical (unpaired) electrons. The first-order valence-electron chi connectivity index (χ1n) is 7.86. The number of nitrogen functional groups attached to an aromatic ring is 1. The summed E-state index contributed by atoms with van der Waals surface area (Å²) in [6.07, 6.45) is 7.50. The lowest BCUT2D eigenvalue weighted by atomic mass is 9.98. The molecule has 2 N–H and O–H groups in total. The molecule has 0 aliphatic carbocycles. The van der Waals surface area contributed by atoms with Gasteiger partial charge < -0.3 is 15.4 Å². The van der Waals surface area contributed by atoms with Crippen LogP contribution >= 0.6 is 0 Å². The largest absolute Gasteiger partial charge is 0.462 e. The minimum atomic E-state index is -0.372. The van der Waals surface area contributed by atoms with Crippen molar-refractivity contribution in [2.45, 2.75) is 52.0 Å². The zero-order chi connectivity index (χ0) is 15.2. The Labute approximate surface area is 126 Å². The molecule has 21 heavy (non-hydrogen) atoms. The van der Waals surface area contributed by atoms with Crippen LogP contribution in [0, 0.1) is 0 Å². The van der Waals surface area contributed by atoms with Gasteiger partial charge in [0.2, 0.25) is 0 Å². The van der Waals surface area contributed by atoms with Gasteiger partial charge in [-0.1, -0.05) is 13.3 Å². The van der Waals surface area contributed by atoms with Crippen molar-refractivity contribution in [3.05, 3.63) is 17.8 Å². The van der Waals surface area contributed by atoms with E-state index < -0.39 is 0 Å². The van der Waals surface area contributed by atoms with E-state index in [-0.39, 0.29) is 5.97 Å². The molecule has 1 atom stereocenters. The molecular weight excluding hydrogens is 266 g/mol. The highest BCUT2D eigenvalue weighted by Crippen LogP contribution is 2.28. The van der Waals surface area contributed by atoms with Crippen LogP contribution in [0.3, 0.4) is 0 Å². The van der Waals surface area contributed by atoms with Gasteiger partial charge in [-0.25, -0.2) is 9.78 Å². The van der Waals surface area contributed by atoms with Gasteiger partial charge in [-0.2, -0.15) is 0 Å². The molecule has 0 spiro atoms. The molecule has 1 fully saturated rings. The number of rotatable bonds is 5. The van der Waals surface area contributed by atoms with Crippen LogP contribution in [0.2, 0.25) is 0 Å². The zero-order valence-electron chi connectivity index (χ0n) is 13.0. The number of piperidine rings is 1. The number of hydrogen-bond donors (Lipinski definition) is 1. The van der Waals surface area contributed by atoms with Crippen molar-refractivity contribution < 1.29 is 9.53 Å². The van der Waals surface area contributed by atoms with Crippen molar-refractivity contribution in [3.8, 4) is 0 Å². The van der Waals surface area contributed by atoms with E-state index >= 15 is 0 Å². The maximum atomic E-state index is 12.0. The Bertz CT molecular complexity index is 488. The number of carbonyl (C=O) groups is 1. The average molecular weight is 291 g/mol. The lowest BCUT2D eigenvalue weighted by Crippen LogP contribution is -2.40. The molecule has 0 amide bonds. The number of ether oxygens (including phenoxy) is 1. The molecule has 2 heterocycles. The van der Waals surface area contributed by atoms with E-state index in [9.17, 15) is 4.79 Å². The predicted octanol–water partition coefficient (Wildman–Crippen LogP) is 3.00. The normalized spacial score (nSPS) is 18.6. The van der Waals surface area contributed by atoms with Crippen molar-refractivity contribution in [1.29, 1.82) is 0 Å². The molecule has 1 aromatic heterocycles. The molecule has 116 valence electrons. The van der Waals surface area contributed by atoms with Crippen molar-refractivity contribution >= 4 is 17.5 Å². The second-order valence-electron chi connectivity index (χ2n) is 5.48. The second kappa shape index (κ2) is 7.29. The minimum Gasteiger partial charge on any atom is -0.462 e. The maximum absolute atomic E-state index is 12.0. The predicted molar refractivity (Wildman–Crippen MR) is 84.5 cm³/mol. The molecule has 1 aliphatic heterocycles. The zero-order valence-corrected chi connectivity index (χ0v) is 13.0. The number of esters is 1. The third kappa shape index (κ3) is 3.65. The van der Waals surface area contributed by atoms with Crippen LogP contribution in [0.1, 0.15) is 56.3 Å². The van der Waals surface area contributed by atoms with E-state index in [0.717, 1.165) is 25.2 Å². The molecule has 0 aromatic carbocycles. The fourth-order valence-electron chi connectivity index (χ4n) is 2.93. The monoisotopic (exact) mass is 291 g/mol. The van der Waals surface area contributed by atoms with Gasteiger partial charge in [-0.3, -0.25) is 0 Å². The Morgan fingerprint density at radius 3 is 3.00 bits per heavy atom. The number of nitrogens with zero attached hydrogens (tertiary/aromatic N) is 2. The van der Waals surface area contributed by atoms with Gasteiger partial charge in [0.1, 0.15) is 5.82 Å². The van der Waals surface area contributed by atoms with E-state index in [1.807, 2.05) is 0 Å². The number of anilines is 2. The molecule has 5 heteroatoms. The second-order valence-corrected chi connectivity index (χ2v) is 5.48. The topological polar surface area (TPSA) is 68.5 Å². The van der Waals surface area contributed by atoms with E-state index in [1.54, 1.807) is 19.2 Å². The number of hydrogen-bond acceptors (Lipinski definition) is 5. The minimum absolute atomic E-state index is 0.345. The smallest absolute Gasteiger partial charge is 0.340 e. The van der Waals surface area contributed by atoms with E-state index in [2.05, 4.69) is 16.8 Å². The number of aromatic nitrogens is 1. The van der Waals surface area contributed by atoms with Gasteiger partial charge in [0.25, 0.3) is 0 Å². The number of pyridine rings is 1. The van der Waals surface area contributed by atoms with Crippen molar-refractivity contribution in [3.63, 3.8) is 0 Å². The first-order valence-corrected chi connectivity index (χ1v) is 7.86.